The van der Waals surface area contributed by atoms with Crippen molar-refractivity contribution >= 4 is 5.91 Å². The van der Waals surface area contributed by atoms with E-state index in [0.29, 0.717) is 17.7 Å². The van der Waals surface area contributed by atoms with Crippen molar-refractivity contribution in [2.75, 3.05) is 0 Å². The Balaban J connectivity index is 2.14. The van der Waals surface area contributed by atoms with Crippen molar-refractivity contribution in [2.45, 2.75) is 12.7 Å². The van der Waals surface area contributed by atoms with E-state index in [-0.39, 0.29) is 12.1 Å². The van der Waals surface area contributed by atoms with Crippen LogP contribution < -0.4 is 5.32 Å². The van der Waals surface area contributed by atoms with Gasteiger partial charge in [0.05, 0.1) is 11.8 Å². The summed E-state index contributed by atoms with van der Waals surface area (Å²) in [5.41, 5.74) is -1.06. The van der Waals surface area contributed by atoms with Gasteiger partial charge in [0.1, 0.15) is 5.82 Å². The normalized spacial score (nSPS) is 11.4. The summed E-state index contributed by atoms with van der Waals surface area (Å²) in [6.45, 7) is 0.105. The predicted molar refractivity (Wildman–Crippen MR) is 61.2 cm³/mol. The number of hydrogen-bond acceptors (Lipinski definition) is 2. The maximum absolute atomic E-state index is 13.1. The molecule has 0 fully saturated rings. The minimum Gasteiger partial charge on any atom is -0.348 e. The Labute approximate surface area is 110 Å². The number of carbonyl (C=O) groups excluding carboxylic acids is 1. The van der Waals surface area contributed by atoms with Gasteiger partial charge in [0.2, 0.25) is 0 Å². The van der Waals surface area contributed by atoms with Crippen LogP contribution in [0.25, 0.3) is 0 Å². The fourth-order valence-corrected chi connectivity index (χ4v) is 1.54. The zero-order valence-electron chi connectivity index (χ0n) is 9.96. The Bertz CT molecular complexity index is 608. The molecule has 1 aromatic heterocycles. The lowest BCUT2D eigenvalue weighted by atomic mass is 10.1. The highest BCUT2D eigenvalue weighted by molar-refractivity contribution is 5.94. The smallest absolute Gasteiger partial charge is 0.348 e. The van der Waals surface area contributed by atoms with Gasteiger partial charge >= 0.3 is 6.18 Å². The number of rotatable bonds is 3. The van der Waals surface area contributed by atoms with E-state index in [1.807, 2.05) is 0 Å². The number of halogens is 4. The monoisotopic (exact) mass is 287 g/mol. The highest BCUT2D eigenvalue weighted by atomic mass is 19.4. The molecule has 0 aliphatic rings. The van der Waals surface area contributed by atoms with Crippen molar-refractivity contribution in [1.82, 2.24) is 15.5 Å². The third kappa shape index (κ3) is 3.14. The number of aromatic amines is 1. The van der Waals surface area contributed by atoms with Gasteiger partial charge in [0.25, 0.3) is 5.91 Å². The van der Waals surface area contributed by atoms with E-state index in [4.69, 9.17) is 0 Å². The first kappa shape index (κ1) is 14.0. The molecule has 1 amide bonds. The minimum atomic E-state index is -4.84. The topological polar surface area (TPSA) is 57.8 Å². The quantitative estimate of drug-likeness (QED) is 0.852. The zero-order valence-corrected chi connectivity index (χ0v) is 9.96. The van der Waals surface area contributed by atoms with Crippen molar-refractivity contribution in [1.29, 1.82) is 0 Å². The lowest BCUT2D eigenvalue weighted by Crippen LogP contribution is -2.23. The molecule has 1 heterocycles. The first-order valence-corrected chi connectivity index (χ1v) is 5.50. The van der Waals surface area contributed by atoms with E-state index < -0.39 is 23.5 Å². The maximum Gasteiger partial charge on any atom is 0.419 e. The Kier molecular flexibility index (Phi) is 3.73. The van der Waals surface area contributed by atoms with Crippen molar-refractivity contribution in [3.8, 4) is 0 Å². The molecule has 1 aromatic carbocycles. The van der Waals surface area contributed by atoms with E-state index in [0.717, 1.165) is 6.07 Å². The number of carbonyl (C=O) groups is 1. The van der Waals surface area contributed by atoms with Gasteiger partial charge < -0.3 is 5.32 Å². The van der Waals surface area contributed by atoms with Crippen LogP contribution in [-0.2, 0) is 12.7 Å². The van der Waals surface area contributed by atoms with Crippen LogP contribution in [0.1, 0.15) is 21.5 Å². The lowest BCUT2D eigenvalue weighted by Gasteiger charge is -2.10. The Morgan fingerprint density at radius 1 is 1.35 bits per heavy atom. The minimum absolute atomic E-state index is 0.105. The highest BCUT2D eigenvalue weighted by Crippen LogP contribution is 2.31. The maximum atomic E-state index is 13.1. The molecule has 2 N–H and O–H groups in total. The summed E-state index contributed by atoms with van der Waals surface area (Å²) >= 11 is 0. The van der Waals surface area contributed by atoms with Gasteiger partial charge in [0.15, 0.2) is 0 Å². The van der Waals surface area contributed by atoms with Gasteiger partial charge in [-0.15, -0.1) is 0 Å². The highest BCUT2D eigenvalue weighted by Gasteiger charge is 2.34. The predicted octanol–water partition coefficient (Wildman–Crippen LogP) is 2.50. The molecule has 106 valence electrons. The lowest BCUT2D eigenvalue weighted by molar-refractivity contribution is -0.140. The van der Waals surface area contributed by atoms with Crippen LogP contribution in [0.3, 0.4) is 0 Å². The molecule has 4 nitrogen and oxygen atoms in total. The number of alkyl halides is 3. The summed E-state index contributed by atoms with van der Waals surface area (Å²) in [5.74, 6) is -2.14. The molecule has 0 unspecified atom stereocenters. The van der Waals surface area contributed by atoms with Gasteiger partial charge in [-0.25, -0.2) is 4.39 Å². The Morgan fingerprint density at radius 2 is 2.10 bits per heavy atom. The fourth-order valence-electron chi connectivity index (χ4n) is 1.54. The number of amides is 1. The molecule has 0 atom stereocenters. The number of benzene rings is 1. The molecule has 0 bridgehead atoms. The third-order valence-electron chi connectivity index (χ3n) is 2.54. The molecule has 20 heavy (non-hydrogen) atoms. The average molecular weight is 287 g/mol. The van der Waals surface area contributed by atoms with E-state index >= 15 is 0 Å². The second-order valence-corrected chi connectivity index (χ2v) is 3.98. The number of hydrogen-bond donors (Lipinski definition) is 2. The van der Waals surface area contributed by atoms with Gasteiger partial charge in [0, 0.05) is 23.9 Å². The Morgan fingerprint density at radius 3 is 2.70 bits per heavy atom. The summed E-state index contributed by atoms with van der Waals surface area (Å²) in [6, 6.07) is 2.10. The number of nitrogens with one attached hydrogen (secondary N) is 2. The number of nitrogens with zero attached hydrogens (tertiary/aromatic N) is 1. The first-order valence-electron chi connectivity index (χ1n) is 5.50. The van der Waals surface area contributed by atoms with E-state index in [1.165, 1.54) is 12.4 Å². The van der Waals surface area contributed by atoms with Crippen LogP contribution in [-0.4, -0.2) is 16.1 Å². The zero-order chi connectivity index (χ0) is 14.8. The summed E-state index contributed by atoms with van der Waals surface area (Å²) in [7, 11) is 0. The molecule has 0 saturated carbocycles. The summed E-state index contributed by atoms with van der Waals surface area (Å²) in [5, 5.41) is 8.60. The number of aromatic nitrogens is 2. The molecule has 2 aromatic rings. The second kappa shape index (κ2) is 5.32. The molecule has 0 aliphatic heterocycles. The third-order valence-corrected chi connectivity index (χ3v) is 2.54. The van der Waals surface area contributed by atoms with E-state index in [9.17, 15) is 22.4 Å². The first-order chi connectivity index (χ1) is 9.38. The van der Waals surface area contributed by atoms with Crippen molar-refractivity contribution in [3.63, 3.8) is 0 Å². The van der Waals surface area contributed by atoms with E-state index in [2.05, 4.69) is 15.5 Å². The number of H-pyrrole nitrogens is 1. The molecule has 0 spiro atoms. The molecule has 8 heteroatoms. The van der Waals surface area contributed by atoms with Crippen molar-refractivity contribution < 1.29 is 22.4 Å². The molecule has 0 saturated heterocycles. The summed E-state index contributed by atoms with van der Waals surface area (Å²) in [4.78, 5) is 11.7. The molecular weight excluding hydrogens is 278 g/mol. The van der Waals surface area contributed by atoms with Crippen molar-refractivity contribution in [3.05, 3.63) is 53.1 Å². The summed E-state index contributed by atoms with van der Waals surface area (Å²) < 4.78 is 50.6. The Hall–Kier alpha value is -2.38. The van der Waals surface area contributed by atoms with Crippen LogP contribution in [0.2, 0.25) is 0 Å². The van der Waals surface area contributed by atoms with Crippen LogP contribution in [0.15, 0.2) is 30.6 Å². The van der Waals surface area contributed by atoms with Gasteiger partial charge in [-0.3, -0.25) is 9.89 Å². The fraction of sp³-hybridized carbons (Fsp3) is 0.167. The van der Waals surface area contributed by atoms with Crippen LogP contribution in [0, 0.1) is 5.82 Å². The molecule has 2 rings (SSSR count). The van der Waals surface area contributed by atoms with Gasteiger partial charge in [-0.2, -0.15) is 18.3 Å². The SMILES string of the molecule is O=C(NCc1cn[nH]c1)c1ccc(F)c(C(F)(F)F)c1. The van der Waals surface area contributed by atoms with Crippen LogP contribution >= 0.6 is 0 Å². The summed E-state index contributed by atoms with van der Waals surface area (Å²) in [6.07, 6.45) is -1.84. The van der Waals surface area contributed by atoms with E-state index in [1.54, 1.807) is 0 Å². The average Bonchev–Trinajstić information content (AvgIpc) is 2.88. The van der Waals surface area contributed by atoms with Gasteiger partial charge in [-0.05, 0) is 18.2 Å². The molecular formula is C12H9F4N3O. The van der Waals surface area contributed by atoms with Crippen molar-refractivity contribution in [2.24, 2.45) is 0 Å². The van der Waals surface area contributed by atoms with Gasteiger partial charge in [-0.1, -0.05) is 0 Å². The standard InChI is InChI=1S/C12H9F4N3O/c13-10-2-1-8(3-9(10)12(14,15)16)11(20)17-4-7-5-18-19-6-7/h1-3,5-6H,4H2,(H,17,20)(H,18,19). The van der Waals surface area contributed by atoms with Crippen LogP contribution in [0.4, 0.5) is 17.6 Å². The second-order valence-electron chi connectivity index (χ2n) is 3.98. The molecule has 0 radical (unpaired) electrons. The largest absolute Gasteiger partial charge is 0.419 e. The van der Waals surface area contributed by atoms with Crippen LogP contribution in [0.5, 0.6) is 0 Å². The molecule has 0 aliphatic carbocycles.